The third-order valence-corrected chi connectivity index (χ3v) is 4.25. The Bertz CT molecular complexity index is 648. The van der Waals surface area contributed by atoms with Gasteiger partial charge in [-0.15, -0.1) is 0 Å². The van der Waals surface area contributed by atoms with Gasteiger partial charge in [-0.1, -0.05) is 12.1 Å². The molecule has 0 radical (unpaired) electrons. The number of benzene rings is 1. The molecule has 3 rings (SSSR count). The molecule has 5 heteroatoms. The van der Waals surface area contributed by atoms with Crippen LogP contribution in [0.5, 0.6) is 0 Å². The summed E-state index contributed by atoms with van der Waals surface area (Å²) in [5, 5.41) is 10.1. The van der Waals surface area contributed by atoms with Gasteiger partial charge in [0, 0.05) is 13.1 Å². The first-order valence-corrected chi connectivity index (χ1v) is 7.45. The monoisotopic (exact) mass is 287 g/mol. The number of imidazole rings is 1. The maximum atomic E-state index is 12.5. The van der Waals surface area contributed by atoms with Crippen LogP contribution in [0.4, 0.5) is 0 Å². The van der Waals surface area contributed by atoms with Gasteiger partial charge in [0.15, 0.2) is 0 Å². The lowest BCUT2D eigenvalue weighted by atomic mass is 9.98. The summed E-state index contributed by atoms with van der Waals surface area (Å²) < 4.78 is 1.89. The number of nitrogens with zero attached hydrogens (tertiary/aromatic N) is 3. The molecule has 112 valence electrons. The molecule has 2 aromatic rings. The van der Waals surface area contributed by atoms with E-state index in [0.29, 0.717) is 19.5 Å². The Hall–Kier alpha value is -1.88. The van der Waals surface area contributed by atoms with Gasteiger partial charge >= 0.3 is 0 Å². The minimum absolute atomic E-state index is 0.0934. The number of fused-ring (bicyclic) bond motifs is 1. The normalized spacial score (nSPS) is 23.2. The van der Waals surface area contributed by atoms with Gasteiger partial charge < -0.3 is 14.6 Å². The molecule has 1 aliphatic heterocycles. The second-order valence-electron chi connectivity index (χ2n) is 6.09. The zero-order chi connectivity index (χ0) is 14.9. The number of carbonyl (C=O) groups is 1. The minimum Gasteiger partial charge on any atom is -0.390 e. The van der Waals surface area contributed by atoms with Gasteiger partial charge in [0.05, 0.1) is 23.0 Å². The molecule has 0 saturated carbocycles. The Morgan fingerprint density at radius 1 is 1.33 bits per heavy atom. The summed E-state index contributed by atoms with van der Waals surface area (Å²) in [6, 6.07) is 7.81. The Balaban J connectivity index is 1.71. The summed E-state index contributed by atoms with van der Waals surface area (Å²) in [5.74, 6) is 0.0934. The fraction of sp³-hybridized carbons (Fsp3) is 0.500. The fourth-order valence-electron chi connectivity index (χ4n) is 2.89. The topological polar surface area (TPSA) is 58.4 Å². The third kappa shape index (κ3) is 3.08. The SMILES string of the molecule is CC1(O)CCCN(C(=O)Cn2cnc3ccccc32)CC1. The Kier molecular flexibility index (Phi) is 3.68. The molecule has 0 aliphatic carbocycles. The number of para-hydroxylation sites is 2. The van der Waals surface area contributed by atoms with E-state index >= 15 is 0 Å². The van der Waals surface area contributed by atoms with Gasteiger partial charge in [-0.05, 0) is 38.3 Å². The Morgan fingerprint density at radius 2 is 2.14 bits per heavy atom. The van der Waals surface area contributed by atoms with E-state index in [1.807, 2.05) is 40.7 Å². The highest BCUT2D eigenvalue weighted by molar-refractivity contribution is 5.80. The number of aromatic nitrogens is 2. The predicted octanol–water partition coefficient (Wildman–Crippen LogP) is 1.80. The molecule has 5 nitrogen and oxygen atoms in total. The molecule has 0 bridgehead atoms. The summed E-state index contributed by atoms with van der Waals surface area (Å²) in [6.45, 7) is 3.51. The largest absolute Gasteiger partial charge is 0.390 e. The van der Waals surface area contributed by atoms with Crippen LogP contribution < -0.4 is 0 Å². The van der Waals surface area contributed by atoms with Crippen LogP contribution in [-0.2, 0) is 11.3 Å². The summed E-state index contributed by atoms with van der Waals surface area (Å²) in [4.78, 5) is 18.6. The second-order valence-corrected chi connectivity index (χ2v) is 6.09. The molecular weight excluding hydrogens is 266 g/mol. The van der Waals surface area contributed by atoms with E-state index in [-0.39, 0.29) is 5.91 Å². The molecule has 21 heavy (non-hydrogen) atoms. The van der Waals surface area contributed by atoms with Crippen LogP contribution in [0, 0.1) is 0 Å². The average Bonchev–Trinajstić information content (AvgIpc) is 2.76. The van der Waals surface area contributed by atoms with Crippen LogP contribution in [0.3, 0.4) is 0 Å². The van der Waals surface area contributed by atoms with Gasteiger partial charge in [-0.2, -0.15) is 0 Å². The van der Waals surface area contributed by atoms with Crippen LogP contribution in [0.25, 0.3) is 11.0 Å². The van der Waals surface area contributed by atoms with E-state index in [1.165, 1.54) is 0 Å². The van der Waals surface area contributed by atoms with E-state index < -0.39 is 5.60 Å². The molecule has 1 N–H and O–H groups in total. The van der Waals surface area contributed by atoms with Crippen molar-refractivity contribution in [3.8, 4) is 0 Å². The first-order chi connectivity index (χ1) is 10.1. The summed E-state index contributed by atoms with van der Waals surface area (Å²) in [6.07, 6.45) is 3.97. The van der Waals surface area contributed by atoms with Crippen molar-refractivity contribution in [2.75, 3.05) is 13.1 Å². The highest BCUT2D eigenvalue weighted by Gasteiger charge is 2.27. The lowest BCUT2D eigenvalue weighted by Crippen LogP contribution is -2.35. The van der Waals surface area contributed by atoms with E-state index in [2.05, 4.69) is 4.98 Å². The standard InChI is InChI=1S/C16H21N3O2/c1-16(21)7-4-9-18(10-8-16)15(20)11-19-12-17-13-5-2-3-6-14(13)19/h2-3,5-6,12,21H,4,7-11H2,1H3. The highest BCUT2D eigenvalue weighted by Crippen LogP contribution is 2.21. The minimum atomic E-state index is -0.642. The first-order valence-electron chi connectivity index (χ1n) is 7.45. The summed E-state index contributed by atoms with van der Waals surface area (Å²) in [7, 11) is 0. The second kappa shape index (κ2) is 5.48. The molecule has 1 aromatic heterocycles. The number of hydrogen-bond acceptors (Lipinski definition) is 3. The first kappa shape index (κ1) is 14.1. The molecule has 1 aliphatic rings. The molecule has 2 heterocycles. The molecular formula is C16H21N3O2. The Labute approximate surface area is 124 Å². The molecule has 1 fully saturated rings. The van der Waals surface area contributed by atoms with Crippen LogP contribution in [0.1, 0.15) is 26.2 Å². The van der Waals surface area contributed by atoms with Crippen LogP contribution >= 0.6 is 0 Å². The summed E-state index contributed by atoms with van der Waals surface area (Å²) >= 11 is 0. The van der Waals surface area contributed by atoms with Crippen molar-refractivity contribution in [2.24, 2.45) is 0 Å². The van der Waals surface area contributed by atoms with Crippen LogP contribution in [0.2, 0.25) is 0 Å². The molecule has 1 saturated heterocycles. The van der Waals surface area contributed by atoms with Crippen molar-refractivity contribution < 1.29 is 9.90 Å². The van der Waals surface area contributed by atoms with Crippen molar-refractivity contribution >= 4 is 16.9 Å². The van der Waals surface area contributed by atoms with Gasteiger partial charge in [0.1, 0.15) is 6.54 Å². The maximum absolute atomic E-state index is 12.5. The zero-order valence-corrected chi connectivity index (χ0v) is 12.3. The average molecular weight is 287 g/mol. The lowest BCUT2D eigenvalue weighted by molar-refractivity contribution is -0.131. The highest BCUT2D eigenvalue weighted by atomic mass is 16.3. The van der Waals surface area contributed by atoms with Crippen LogP contribution in [0.15, 0.2) is 30.6 Å². The maximum Gasteiger partial charge on any atom is 0.242 e. The van der Waals surface area contributed by atoms with Gasteiger partial charge in [0.25, 0.3) is 0 Å². The predicted molar refractivity (Wildman–Crippen MR) is 80.8 cm³/mol. The smallest absolute Gasteiger partial charge is 0.242 e. The number of aliphatic hydroxyl groups is 1. The molecule has 1 unspecified atom stereocenters. The number of rotatable bonds is 2. The molecule has 1 atom stereocenters. The number of amides is 1. The third-order valence-electron chi connectivity index (χ3n) is 4.25. The zero-order valence-electron chi connectivity index (χ0n) is 12.3. The van der Waals surface area contributed by atoms with E-state index in [9.17, 15) is 9.90 Å². The van der Waals surface area contributed by atoms with Gasteiger partial charge in [-0.25, -0.2) is 4.98 Å². The van der Waals surface area contributed by atoms with Crippen molar-refractivity contribution in [2.45, 2.75) is 38.3 Å². The Morgan fingerprint density at radius 3 is 3.00 bits per heavy atom. The van der Waals surface area contributed by atoms with Gasteiger partial charge in [-0.3, -0.25) is 4.79 Å². The van der Waals surface area contributed by atoms with Crippen molar-refractivity contribution in [3.63, 3.8) is 0 Å². The number of likely N-dealkylation sites (tertiary alicyclic amines) is 1. The number of carbonyl (C=O) groups excluding carboxylic acids is 1. The molecule has 1 amide bonds. The summed E-state index contributed by atoms with van der Waals surface area (Å²) in [5.41, 5.74) is 1.24. The van der Waals surface area contributed by atoms with E-state index in [1.54, 1.807) is 6.33 Å². The molecule has 1 aromatic carbocycles. The lowest BCUT2D eigenvalue weighted by Gasteiger charge is -2.22. The quantitative estimate of drug-likeness (QED) is 0.916. The molecule has 0 spiro atoms. The number of hydrogen-bond donors (Lipinski definition) is 1. The van der Waals surface area contributed by atoms with Crippen molar-refractivity contribution in [1.82, 2.24) is 14.5 Å². The van der Waals surface area contributed by atoms with Crippen LogP contribution in [-0.4, -0.2) is 44.2 Å². The van der Waals surface area contributed by atoms with Gasteiger partial charge in [0.2, 0.25) is 5.91 Å². The van der Waals surface area contributed by atoms with E-state index in [0.717, 1.165) is 30.4 Å². The van der Waals surface area contributed by atoms with Crippen molar-refractivity contribution in [1.29, 1.82) is 0 Å². The van der Waals surface area contributed by atoms with Crippen molar-refractivity contribution in [3.05, 3.63) is 30.6 Å². The van der Waals surface area contributed by atoms with E-state index in [4.69, 9.17) is 0 Å². The fourth-order valence-corrected chi connectivity index (χ4v) is 2.89.